The van der Waals surface area contributed by atoms with E-state index in [1.165, 1.54) is 6.07 Å². The Labute approximate surface area is 122 Å². The van der Waals surface area contributed by atoms with Gasteiger partial charge < -0.3 is 4.74 Å². The lowest BCUT2D eigenvalue weighted by molar-refractivity contribution is 0.414. The van der Waals surface area contributed by atoms with Crippen molar-refractivity contribution in [2.75, 3.05) is 7.11 Å². The Morgan fingerprint density at radius 1 is 1.25 bits per heavy atom. The average molecular weight is 295 g/mol. The molecular formula is C15H16ClFN2O. The van der Waals surface area contributed by atoms with Crippen LogP contribution in [0.3, 0.4) is 0 Å². The summed E-state index contributed by atoms with van der Waals surface area (Å²) in [5, 5.41) is 0.402. The molecule has 0 aliphatic heterocycles. The first kappa shape index (κ1) is 14.8. The van der Waals surface area contributed by atoms with Gasteiger partial charge in [0, 0.05) is 10.6 Å². The van der Waals surface area contributed by atoms with E-state index in [1.807, 2.05) is 24.3 Å². The molecule has 1 atom stereocenters. The lowest BCUT2D eigenvalue weighted by Crippen LogP contribution is -2.29. The van der Waals surface area contributed by atoms with Gasteiger partial charge in [-0.05, 0) is 36.2 Å². The average Bonchev–Trinajstić information content (AvgIpc) is 2.47. The van der Waals surface area contributed by atoms with Crippen molar-refractivity contribution in [3.05, 3.63) is 64.4 Å². The molecule has 0 bridgehead atoms. The first-order chi connectivity index (χ1) is 9.65. The molecule has 0 fully saturated rings. The Hall–Kier alpha value is -1.62. The summed E-state index contributed by atoms with van der Waals surface area (Å²) in [4.78, 5) is 0. The van der Waals surface area contributed by atoms with Crippen LogP contribution in [0.2, 0.25) is 5.02 Å². The first-order valence-electron chi connectivity index (χ1n) is 6.18. The van der Waals surface area contributed by atoms with E-state index in [0.29, 0.717) is 17.0 Å². The summed E-state index contributed by atoms with van der Waals surface area (Å²) in [6.45, 7) is 0. The number of nitrogens with two attached hydrogens (primary N) is 1. The fourth-order valence-corrected chi connectivity index (χ4v) is 2.28. The van der Waals surface area contributed by atoms with E-state index in [2.05, 4.69) is 5.43 Å². The third-order valence-corrected chi connectivity index (χ3v) is 3.54. The molecule has 0 radical (unpaired) electrons. The van der Waals surface area contributed by atoms with Gasteiger partial charge in [-0.2, -0.15) is 0 Å². The number of hydrazine groups is 1. The molecule has 0 saturated carbocycles. The van der Waals surface area contributed by atoms with E-state index < -0.39 is 0 Å². The number of rotatable bonds is 5. The van der Waals surface area contributed by atoms with Crippen molar-refractivity contribution in [2.45, 2.75) is 12.5 Å². The maximum Gasteiger partial charge on any atom is 0.127 e. The minimum atomic E-state index is -0.328. The van der Waals surface area contributed by atoms with Crippen LogP contribution in [-0.2, 0) is 6.42 Å². The van der Waals surface area contributed by atoms with Gasteiger partial charge >= 0.3 is 0 Å². The highest BCUT2D eigenvalue weighted by atomic mass is 35.5. The standard InChI is InChI=1S/C15H16ClFN2O/c1-20-11-7-5-10(6-8-11)15(19-18)9-12-13(16)3-2-4-14(12)17/h2-8,15,19H,9,18H2,1H3. The highest BCUT2D eigenvalue weighted by Crippen LogP contribution is 2.26. The van der Waals surface area contributed by atoms with Crippen LogP contribution in [-0.4, -0.2) is 7.11 Å². The Morgan fingerprint density at radius 3 is 2.50 bits per heavy atom. The van der Waals surface area contributed by atoms with E-state index in [9.17, 15) is 4.39 Å². The van der Waals surface area contributed by atoms with Crippen LogP contribution in [0.4, 0.5) is 4.39 Å². The van der Waals surface area contributed by atoms with Crippen molar-refractivity contribution >= 4 is 11.6 Å². The van der Waals surface area contributed by atoms with Gasteiger partial charge in [0.2, 0.25) is 0 Å². The molecule has 0 spiro atoms. The minimum absolute atomic E-state index is 0.227. The number of ether oxygens (including phenoxy) is 1. The van der Waals surface area contributed by atoms with E-state index in [0.717, 1.165) is 11.3 Å². The number of nitrogens with one attached hydrogen (secondary N) is 1. The van der Waals surface area contributed by atoms with Gasteiger partial charge in [0.15, 0.2) is 0 Å². The van der Waals surface area contributed by atoms with Crippen molar-refractivity contribution < 1.29 is 9.13 Å². The van der Waals surface area contributed by atoms with Gasteiger partial charge in [-0.3, -0.25) is 11.3 Å². The number of hydrogen-bond donors (Lipinski definition) is 2. The van der Waals surface area contributed by atoms with Crippen LogP contribution < -0.4 is 16.0 Å². The Kier molecular flexibility index (Phi) is 4.95. The monoisotopic (exact) mass is 294 g/mol. The van der Waals surface area contributed by atoms with Crippen LogP contribution in [0.25, 0.3) is 0 Å². The number of hydrogen-bond acceptors (Lipinski definition) is 3. The molecule has 0 heterocycles. The molecule has 0 saturated heterocycles. The summed E-state index contributed by atoms with van der Waals surface area (Å²) < 4.78 is 18.9. The van der Waals surface area contributed by atoms with Crippen molar-refractivity contribution in [1.29, 1.82) is 0 Å². The molecule has 5 heteroatoms. The third kappa shape index (κ3) is 3.28. The second-order valence-electron chi connectivity index (χ2n) is 4.40. The van der Waals surface area contributed by atoms with Crippen LogP contribution in [0, 0.1) is 5.82 Å². The van der Waals surface area contributed by atoms with Crippen molar-refractivity contribution in [3.8, 4) is 5.75 Å². The SMILES string of the molecule is COc1ccc(C(Cc2c(F)cccc2Cl)NN)cc1. The summed E-state index contributed by atoms with van der Waals surface area (Å²) in [6, 6.07) is 11.9. The predicted molar refractivity (Wildman–Crippen MR) is 78.2 cm³/mol. The normalized spacial score (nSPS) is 12.2. The van der Waals surface area contributed by atoms with Crippen LogP contribution >= 0.6 is 11.6 Å². The molecule has 1 unspecified atom stereocenters. The van der Waals surface area contributed by atoms with Gasteiger partial charge in [-0.1, -0.05) is 29.8 Å². The fraction of sp³-hybridized carbons (Fsp3) is 0.200. The van der Waals surface area contributed by atoms with Gasteiger partial charge in [-0.25, -0.2) is 4.39 Å². The summed E-state index contributed by atoms with van der Waals surface area (Å²) in [6.07, 6.45) is 0.369. The molecule has 2 rings (SSSR count). The maximum atomic E-state index is 13.8. The molecule has 106 valence electrons. The number of benzene rings is 2. The second-order valence-corrected chi connectivity index (χ2v) is 4.80. The molecule has 3 N–H and O–H groups in total. The zero-order valence-corrected chi connectivity index (χ0v) is 11.8. The topological polar surface area (TPSA) is 47.3 Å². The predicted octanol–water partition coefficient (Wildman–Crippen LogP) is 3.23. The number of methoxy groups -OCH3 is 1. The van der Waals surface area contributed by atoms with Crippen LogP contribution in [0.5, 0.6) is 5.75 Å². The first-order valence-corrected chi connectivity index (χ1v) is 6.56. The van der Waals surface area contributed by atoms with Crippen molar-refractivity contribution in [1.82, 2.24) is 5.43 Å². The molecule has 0 amide bonds. The minimum Gasteiger partial charge on any atom is -0.497 e. The summed E-state index contributed by atoms with van der Waals surface area (Å²) in [5.74, 6) is 6.01. The Balaban J connectivity index is 2.24. The van der Waals surface area contributed by atoms with Crippen molar-refractivity contribution in [2.24, 2.45) is 5.84 Å². The largest absolute Gasteiger partial charge is 0.497 e. The van der Waals surface area contributed by atoms with Gasteiger partial charge in [0.1, 0.15) is 11.6 Å². The third-order valence-electron chi connectivity index (χ3n) is 3.19. The van der Waals surface area contributed by atoms with E-state index in [4.69, 9.17) is 22.2 Å². The quantitative estimate of drug-likeness (QED) is 0.657. The Bertz CT molecular complexity index is 554. The lowest BCUT2D eigenvalue weighted by atomic mass is 9.99. The van der Waals surface area contributed by atoms with E-state index >= 15 is 0 Å². The molecular weight excluding hydrogens is 279 g/mol. The van der Waals surface area contributed by atoms with Crippen molar-refractivity contribution in [3.63, 3.8) is 0 Å². The lowest BCUT2D eigenvalue weighted by Gasteiger charge is -2.18. The zero-order chi connectivity index (χ0) is 14.5. The molecule has 3 nitrogen and oxygen atoms in total. The number of halogens is 2. The van der Waals surface area contributed by atoms with E-state index in [1.54, 1.807) is 19.2 Å². The molecule has 2 aromatic carbocycles. The van der Waals surface area contributed by atoms with Crippen LogP contribution in [0.15, 0.2) is 42.5 Å². The zero-order valence-electron chi connectivity index (χ0n) is 11.1. The molecule has 2 aromatic rings. The second kappa shape index (κ2) is 6.70. The Morgan fingerprint density at radius 2 is 1.95 bits per heavy atom. The summed E-state index contributed by atoms with van der Waals surface area (Å²) in [7, 11) is 1.60. The summed E-state index contributed by atoms with van der Waals surface area (Å²) in [5.41, 5.74) is 4.08. The van der Waals surface area contributed by atoms with Gasteiger partial charge in [-0.15, -0.1) is 0 Å². The molecule has 0 aliphatic carbocycles. The summed E-state index contributed by atoms with van der Waals surface area (Å²) >= 11 is 6.04. The highest BCUT2D eigenvalue weighted by Gasteiger charge is 2.15. The van der Waals surface area contributed by atoms with Gasteiger partial charge in [0.05, 0.1) is 13.2 Å². The molecule has 0 aromatic heterocycles. The fourth-order valence-electron chi connectivity index (χ4n) is 2.04. The van der Waals surface area contributed by atoms with Gasteiger partial charge in [0.25, 0.3) is 0 Å². The highest BCUT2D eigenvalue weighted by molar-refractivity contribution is 6.31. The smallest absolute Gasteiger partial charge is 0.127 e. The molecule has 0 aliphatic rings. The van der Waals surface area contributed by atoms with Crippen LogP contribution in [0.1, 0.15) is 17.2 Å². The van der Waals surface area contributed by atoms with E-state index in [-0.39, 0.29) is 11.9 Å². The maximum absolute atomic E-state index is 13.8. The molecule has 20 heavy (non-hydrogen) atoms.